The Morgan fingerprint density at radius 3 is 2.65 bits per heavy atom. The summed E-state index contributed by atoms with van der Waals surface area (Å²) in [5, 5.41) is 8.57. The Morgan fingerprint density at radius 1 is 1.15 bits per heavy atom. The van der Waals surface area contributed by atoms with Crippen molar-refractivity contribution in [3.8, 4) is 0 Å². The third kappa shape index (κ3) is 7.18. The monoisotopic (exact) mass is 474 g/mol. The third-order valence-corrected chi connectivity index (χ3v) is 6.15. The molecule has 34 heavy (non-hydrogen) atoms. The minimum Gasteiger partial charge on any atom is -0.467 e. The molecule has 0 aromatic heterocycles. The average Bonchev–Trinajstić information content (AvgIpc) is 3.57. The van der Waals surface area contributed by atoms with E-state index in [-0.39, 0.29) is 37.4 Å². The molecule has 2 fully saturated rings. The van der Waals surface area contributed by atoms with Crippen molar-refractivity contribution in [1.29, 1.82) is 0 Å². The maximum atomic E-state index is 12.9. The largest absolute Gasteiger partial charge is 0.467 e. The van der Waals surface area contributed by atoms with Crippen LogP contribution >= 0.6 is 0 Å². The zero-order chi connectivity index (χ0) is 24.3. The normalized spacial score (nSPS) is 20.4. The topological polar surface area (TPSA) is 126 Å². The van der Waals surface area contributed by atoms with Crippen LogP contribution in [-0.2, 0) is 30.5 Å². The minimum atomic E-state index is -0.859. The molecule has 2 aliphatic heterocycles. The van der Waals surface area contributed by atoms with Crippen molar-refractivity contribution < 1.29 is 28.7 Å². The first-order valence-corrected chi connectivity index (χ1v) is 11.9. The summed E-state index contributed by atoms with van der Waals surface area (Å²) < 4.78 is 10.00. The van der Waals surface area contributed by atoms with E-state index in [9.17, 15) is 19.2 Å². The van der Waals surface area contributed by atoms with Gasteiger partial charge in [-0.1, -0.05) is 30.3 Å². The lowest BCUT2D eigenvalue weighted by Gasteiger charge is -2.28. The van der Waals surface area contributed by atoms with E-state index in [0.717, 1.165) is 31.4 Å². The highest BCUT2D eigenvalue weighted by atomic mass is 16.5. The standard InChI is InChI=1S/C24H34N4O6/c1-33-23(31)19(11-6-14-26-24(32)34-16-17-8-3-2-4-9-17)27-21(29)20-12-7-15-28(20)22(30)18-10-5-13-25-18/h2-4,8-9,18-20,25H,5-7,10-16H2,1H3,(H,26,32)(H,27,29)/t18-,19-,20-/m0/s1. The van der Waals surface area contributed by atoms with Gasteiger partial charge in [0.15, 0.2) is 0 Å². The van der Waals surface area contributed by atoms with Gasteiger partial charge in [-0.25, -0.2) is 9.59 Å². The molecule has 0 bridgehead atoms. The minimum absolute atomic E-state index is 0.0528. The molecule has 2 saturated heterocycles. The number of likely N-dealkylation sites (tertiary alicyclic amines) is 1. The van der Waals surface area contributed by atoms with Crippen molar-refractivity contribution >= 4 is 23.9 Å². The predicted molar refractivity (Wildman–Crippen MR) is 124 cm³/mol. The first kappa shape index (κ1) is 25.5. The van der Waals surface area contributed by atoms with Gasteiger partial charge in [0, 0.05) is 13.1 Å². The van der Waals surface area contributed by atoms with Gasteiger partial charge in [0.2, 0.25) is 11.8 Å². The maximum Gasteiger partial charge on any atom is 0.407 e. The lowest BCUT2D eigenvalue weighted by molar-refractivity contribution is -0.146. The van der Waals surface area contributed by atoms with Crippen LogP contribution in [0.25, 0.3) is 0 Å². The van der Waals surface area contributed by atoms with E-state index in [1.54, 1.807) is 4.90 Å². The molecule has 2 heterocycles. The summed E-state index contributed by atoms with van der Waals surface area (Å²) in [7, 11) is 1.26. The van der Waals surface area contributed by atoms with Crippen molar-refractivity contribution in [3.05, 3.63) is 35.9 Å². The molecule has 2 aliphatic rings. The lowest BCUT2D eigenvalue weighted by Crippen LogP contribution is -2.54. The van der Waals surface area contributed by atoms with Crippen LogP contribution in [0.15, 0.2) is 30.3 Å². The molecule has 0 aliphatic carbocycles. The number of rotatable bonds is 10. The zero-order valence-corrected chi connectivity index (χ0v) is 19.6. The predicted octanol–water partition coefficient (Wildman–Crippen LogP) is 1.09. The van der Waals surface area contributed by atoms with Gasteiger partial charge >= 0.3 is 12.1 Å². The summed E-state index contributed by atoms with van der Waals surface area (Å²) in [6.45, 7) is 1.78. The van der Waals surface area contributed by atoms with Crippen LogP contribution in [0.5, 0.6) is 0 Å². The fraction of sp³-hybridized carbons (Fsp3) is 0.583. The molecule has 1 aromatic carbocycles. The average molecular weight is 475 g/mol. The molecule has 10 heteroatoms. The highest BCUT2D eigenvalue weighted by molar-refractivity contribution is 5.92. The van der Waals surface area contributed by atoms with Gasteiger partial charge in [-0.05, 0) is 50.6 Å². The number of methoxy groups -OCH3 is 1. The Balaban J connectivity index is 1.43. The number of hydrogen-bond acceptors (Lipinski definition) is 7. The van der Waals surface area contributed by atoms with Gasteiger partial charge in [-0.3, -0.25) is 9.59 Å². The molecular weight excluding hydrogens is 440 g/mol. The molecular formula is C24H34N4O6. The van der Waals surface area contributed by atoms with Crippen molar-refractivity contribution in [3.63, 3.8) is 0 Å². The Bertz CT molecular complexity index is 843. The molecule has 10 nitrogen and oxygen atoms in total. The van der Waals surface area contributed by atoms with E-state index in [4.69, 9.17) is 9.47 Å². The van der Waals surface area contributed by atoms with Crippen molar-refractivity contribution in [1.82, 2.24) is 20.9 Å². The molecule has 3 atom stereocenters. The Morgan fingerprint density at radius 2 is 1.94 bits per heavy atom. The molecule has 3 amide bonds. The molecule has 3 N–H and O–H groups in total. The van der Waals surface area contributed by atoms with Crippen LogP contribution in [0.4, 0.5) is 4.79 Å². The fourth-order valence-corrected chi connectivity index (χ4v) is 4.33. The summed E-state index contributed by atoms with van der Waals surface area (Å²) in [6, 6.07) is 7.65. The zero-order valence-electron chi connectivity index (χ0n) is 19.6. The second kappa shape index (κ2) is 12.9. The Kier molecular flexibility index (Phi) is 9.69. The van der Waals surface area contributed by atoms with E-state index in [0.29, 0.717) is 19.4 Å². The third-order valence-electron chi connectivity index (χ3n) is 6.15. The summed E-state index contributed by atoms with van der Waals surface area (Å²) >= 11 is 0. The van der Waals surface area contributed by atoms with Gasteiger partial charge in [-0.15, -0.1) is 0 Å². The smallest absolute Gasteiger partial charge is 0.407 e. The number of nitrogens with one attached hydrogen (secondary N) is 3. The van der Waals surface area contributed by atoms with E-state index in [1.807, 2.05) is 30.3 Å². The van der Waals surface area contributed by atoms with Crippen molar-refractivity contribution in [2.24, 2.45) is 0 Å². The summed E-state index contributed by atoms with van der Waals surface area (Å²) in [5.41, 5.74) is 0.884. The Labute approximate surface area is 199 Å². The number of carbonyl (C=O) groups is 4. The number of esters is 1. The quantitative estimate of drug-likeness (QED) is 0.342. The van der Waals surface area contributed by atoms with Crippen molar-refractivity contribution in [2.45, 2.75) is 63.3 Å². The number of amides is 3. The van der Waals surface area contributed by atoms with E-state index in [1.165, 1.54) is 7.11 Å². The molecule has 3 rings (SSSR count). The molecule has 0 spiro atoms. The van der Waals surface area contributed by atoms with Crippen LogP contribution in [0.2, 0.25) is 0 Å². The highest BCUT2D eigenvalue weighted by Crippen LogP contribution is 2.21. The number of ether oxygens (including phenoxy) is 2. The van der Waals surface area contributed by atoms with Crippen LogP contribution in [0.1, 0.15) is 44.1 Å². The maximum absolute atomic E-state index is 12.9. The second-order valence-corrected chi connectivity index (χ2v) is 8.55. The molecule has 0 unspecified atom stereocenters. The summed E-state index contributed by atoms with van der Waals surface area (Å²) in [4.78, 5) is 51.5. The highest BCUT2D eigenvalue weighted by Gasteiger charge is 2.39. The van der Waals surface area contributed by atoms with Crippen LogP contribution in [0.3, 0.4) is 0 Å². The van der Waals surface area contributed by atoms with Crippen molar-refractivity contribution in [2.75, 3.05) is 26.7 Å². The lowest BCUT2D eigenvalue weighted by atomic mass is 10.1. The van der Waals surface area contributed by atoms with Crippen LogP contribution < -0.4 is 16.0 Å². The molecule has 186 valence electrons. The summed E-state index contributed by atoms with van der Waals surface area (Å²) in [5.74, 6) is -0.967. The number of nitrogens with zero attached hydrogens (tertiary/aromatic N) is 1. The van der Waals surface area contributed by atoms with Gasteiger partial charge in [0.1, 0.15) is 18.7 Å². The molecule has 1 aromatic rings. The van der Waals surface area contributed by atoms with E-state index >= 15 is 0 Å². The first-order chi connectivity index (χ1) is 16.5. The van der Waals surface area contributed by atoms with Crippen LogP contribution in [-0.4, -0.2) is 73.6 Å². The molecule has 0 saturated carbocycles. The number of alkyl carbamates (subject to hydrolysis) is 1. The van der Waals surface area contributed by atoms with E-state index in [2.05, 4.69) is 16.0 Å². The first-order valence-electron chi connectivity index (χ1n) is 11.9. The Hall–Kier alpha value is -3.14. The number of hydrogen-bond donors (Lipinski definition) is 3. The van der Waals surface area contributed by atoms with Gasteiger partial charge < -0.3 is 30.3 Å². The number of carbonyl (C=O) groups excluding carboxylic acids is 4. The van der Waals surface area contributed by atoms with Gasteiger partial charge in [0.25, 0.3) is 0 Å². The number of benzene rings is 1. The van der Waals surface area contributed by atoms with E-state index < -0.39 is 24.1 Å². The van der Waals surface area contributed by atoms with Gasteiger partial charge in [0.05, 0.1) is 13.2 Å². The second-order valence-electron chi connectivity index (χ2n) is 8.55. The SMILES string of the molecule is COC(=O)[C@H](CCCNC(=O)OCc1ccccc1)NC(=O)[C@@H]1CCCN1C(=O)[C@@H]1CCCN1. The molecule has 0 radical (unpaired) electrons. The fourth-order valence-electron chi connectivity index (χ4n) is 4.33. The van der Waals surface area contributed by atoms with Crippen LogP contribution in [0, 0.1) is 0 Å². The van der Waals surface area contributed by atoms with Gasteiger partial charge in [-0.2, -0.15) is 0 Å². The summed E-state index contributed by atoms with van der Waals surface area (Å²) in [6.07, 6.45) is 3.18.